The molecular weight excluding hydrogens is 261 g/mol. The van der Waals surface area contributed by atoms with Crippen LogP contribution < -0.4 is 0 Å². The number of hydrogen-bond donors (Lipinski definition) is 0. The highest BCUT2D eigenvalue weighted by molar-refractivity contribution is 6.42. The standard InChI is InChI=1S/C12H13Cl2NO2/c1-8-7-15(4-5-17-8)12(16)9-2-3-10(13)11(14)6-9/h2-3,6,8H,4-5,7H2,1H3/t8-/m1/s1. The number of nitrogens with zero attached hydrogens (tertiary/aromatic N) is 1. The van der Waals surface area contributed by atoms with E-state index in [4.69, 9.17) is 27.9 Å². The Morgan fingerprint density at radius 3 is 2.82 bits per heavy atom. The summed E-state index contributed by atoms with van der Waals surface area (Å²) in [7, 11) is 0. The van der Waals surface area contributed by atoms with Gasteiger partial charge in [0.2, 0.25) is 0 Å². The quantitative estimate of drug-likeness (QED) is 0.788. The lowest BCUT2D eigenvalue weighted by molar-refractivity contribution is -0.0124. The summed E-state index contributed by atoms with van der Waals surface area (Å²) in [5.74, 6) is -0.0290. The number of carbonyl (C=O) groups excluding carboxylic acids is 1. The molecular formula is C12H13Cl2NO2. The number of benzene rings is 1. The van der Waals surface area contributed by atoms with Crippen LogP contribution in [0.4, 0.5) is 0 Å². The monoisotopic (exact) mass is 273 g/mol. The summed E-state index contributed by atoms with van der Waals surface area (Å²) >= 11 is 11.7. The lowest BCUT2D eigenvalue weighted by Gasteiger charge is -2.31. The van der Waals surface area contributed by atoms with Gasteiger partial charge in [0.25, 0.3) is 5.91 Å². The molecule has 1 aliphatic rings. The van der Waals surface area contributed by atoms with Crippen LogP contribution in [0.5, 0.6) is 0 Å². The number of amides is 1. The highest BCUT2D eigenvalue weighted by Crippen LogP contribution is 2.23. The molecule has 0 N–H and O–H groups in total. The minimum Gasteiger partial charge on any atom is -0.375 e. The second kappa shape index (κ2) is 5.25. The van der Waals surface area contributed by atoms with Crippen LogP contribution in [0.2, 0.25) is 10.0 Å². The number of rotatable bonds is 1. The van der Waals surface area contributed by atoms with E-state index in [0.29, 0.717) is 35.3 Å². The molecule has 5 heteroatoms. The molecule has 1 amide bonds. The van der Waals surface area contributed by atoms with E-state index in [1.807, 2.05) is 6.92 Å². The number of ether oxygens (including phenoxy) is 1. The van der Waals surface area contributed by atoms with Crippen LogP contribution in [0.1, 0.15) is 17.3 Å². The third kappa shape index (κ3) is 2.92. The summed E-state index contributed by atoms with van der Waals surface area (Å²) in [4.78, 5) is 13.9. The molecule has 2 rings (SSSR count). The fourth-order valence-corrected chi connectivity index (χ4v) is 2.11. The van der Waals surface area contributed by atoms with Crippen molar-refractivity contribution < 1.29 is 9.53 Å². The van der Waals surface area contributed by atoms with E-state index in [2.05, 4.69) is 0 Å². The van der Waals surface area contributed by atoms with Crippen molar-refractivity contribution in [3.05, 3.63) is 33.8 Å². The molecule has 1 aromatic carbocycles. The first-order chi connectivity index (χ1) is 8.08. The Balaban J connectivity index is 2.15. The summed E-state index contributed by atoms with van der Waals surface area (Å²) in [5, 5.41) is 0.859. The van der Waals surface area contributed by atoms with Crippen LogP contribution in [-0.4, -0.2) is 36.6 Å². The SMILES string of the molecule is C[C@@H]1CN(C(=O)c2ccc(Cl)c(Cl)c2)CCO1. The van der Waals surface area contributed by atoms with Crippen LogP contribution in [-0.2, 0) is 4.74 Å². The third-order valence-electron chi connectivity index (χ3n) is 2.69. The minimum absolute atomic E-state index is 0.0290. The lowest BCUT2D eigenvalue weighted by Crippen LogP contribution is -2.44. The van der Waals surface area contributed by atoms with Gasteiger partial charge >= 0.3 is 0 Å². The first-order valence-corrected chi connectivity index (χ1v) is 6.19. The van der Waals surface area contributed by atoms with Gasteiger partial charge in [-0.05, 0) is 25.1 Å². The second-order valence-electron chi connectivity index (χ2n) is 4.06. The molecule has 1 atom stereocenters. The van der Waals surface area contributed by atoms with Gasteiger partial charge in [-0.25, -0.2) is 0 Å². The molecule has 0 aliphatic carbocycles. The Kier molecular flexibility index (Phi) is 3.92. The number of hydrogen-bond acceptors (Lipinski definition) is 2. The Morgan fingerprint density at radius 2 is 2.18 bits per heavy atom. The molecule has 3 nitrogen and oxygen atoms in total. The molecule has 0 spiro atoms. The van der Waals surface area contributed by atoms with E-state index in [0.717, 1.165) is 0 Å². The maximum absolute atomic E-state index is 12.2. The molecule has 0 unspecified atom stereocenters. The highest BCUT2D eigenvalue weighted by Gasteiger charge is 2.22. The van der Waals surface area contributed by atoms with Crippen molar-refractivity contribution in [2.24, 2.45) is 0 Å². The molecule has 1 aliphatic heterocycles. The van der Waals surface area contributed by atoms with Gasteiger partial charge in [-0.15, -0.1) is 0 Å². The van der Waals surface area contributed by atoms with Crippen molar-refractivity contribution >= 4 is 29.1 Å². The van der Waals surface area contributed by atoms with Gasteiger partial charge < -0.3 is 9.64 Å². The third-order valence-corrected chi connectivity index (χ3v) is 3.43. The van der Waals surface area contributed by atoms with Gasteiger partial charge in [0.05, 0.1) is 22.8 Å². The summed E-state index contributed by atoms with van der Waals surface area (Å²) in [6, 6.07) is 4.93. The molecule has 0 bridgehead atoms. The van der Waals surface area contributed by atoms with Crippen molar-refractivity contribution in [1.82, 2.24) is 4.90 Å². The molecule has 0 radical (unpaired) electrons. The molecule has 1 aromatic rings. The Bertz CT molecular complexity index is 437. The maximum atomic E-state index is 12.2. The Hall–Kier alpha value is -0.770. The predicted octanol–water partition coefficient (Wildman–Crippen LogP) is 2.85. The molecule has 0 aromatic heterocycles. The first-order valence-electron chi connectivity index (χ1n) is 5.44. The summed E-state index contributed by atoms with van der Waals surface area (Å²) < 4.78 is 5.40. The van der Waals surface area contributed by atoms with E-state index in [1.165, 1.54) is 0 Å². The van der Waals surface area contributed by atoms with E-state index < -0.39 is 0 Å². The van der Waals surface area contributed by atoms with Crippen molar-refractivity contribution in [3.63, 3.8) is 0 Å². The van der Waals surface area contributed by atoms with Crippen LogP contribution >= 0.6 is 23.2 Å². The molecule has 92 valence electrons. The zero-order chi connectivity index (χ0) is 12.4. The average molecular weight is 274 g/mol. The molecule has 1 saturated heterocycles. The fourth-order valence-electron chi connectivity index (χ4n) is 1.81. The van der Waals surface area contributed by atoms with Crippen LogP contribution in [0.15, 0.2) is 18.2 Å². The highest BCUT2D eigenvalue weighted by atomic mass is 35.5. The second-order valence-corrected chi connectivity index (χ2v) is 4.88. The normalized spacial score (nSPS) is 20.4. The summed E-state index contributed by atoms with van der Waals surface area (Å²) in [6.07, 6.45) is 0.0791. The zero-order valence-corrected chi connectivity index (χ0v) is 11.0. The number of halogens is 2. The van der Waals surface area contributed by atoms with Gasteiger partial charge in [-0.3, -0.25) is 4.79 Å². The largest absolute Gasteiger partial charge is 0.375 e. The van der Waals surface area contributed by atoms with E-state index in [9.17, 15) is 4.79 Å². The van der Waals surface area contributed by atoms with Crippen LogP contribution in [0.3, 0.4) is 0 Å². The van der Waals surface area contributed by atoms with Gasteiger partial charge in [-0.2, -0.15) is 0 Å². The zero-order valence-electron chi connectivity index (χ0n) is 9.45. The fraction of sp³-hybridized carbons (Fsp3) is 0.417. The van der Waals surface area contributed by atoms with Crippen molar-refractivity contribution in [1.29, 1.82) is 0 Å². The van der Waals surface area contributed by atoms with E-state index >= 15 is 0 Å². The number of carbonyl (C=O) groups is 1. The topological polar surface area (TPSA) is 29.5 Å². The van der Waals surface area contributed by atoms with Crippen molar-refractivity contribution in [2.45, 2.75) is 13.0 Å². The summed E-state index contributed by atoms with van der Waals surface area (Å²) in [5.41, 5.74) is 0.563. The van der Waals surface area contributed by atoms with Gasteiger partial charge in [0.15, 0.2) is 0 Å². The molecule has 17 heavy (non-hydrogen) atoms. The van der Waals surface area contributed by atoms with Gasteiger partial charge in [-0.1, -0.05) is 23.2 Å². The maximum Gasteiger partial charge on any atom is 0.254 e. The molecule has 1 heterocycles. The van der Waals surface area contributed by atoms with Crippen molar-refractivity contribution in [3.8, 4) is 0 Å². The average Bonchev–Trinajstić information content (AvgIpc) is 2.32. The van der Waals surface area contributed by atoms with Crippen LogP contribution in [0.25, 0.3) is 0 Å². The van der Waals surface area contributed by atoms with E-state index in [1.54, 1.807) is 23.1 Å². The first kappa shape index (κ1) is 12.7. The minimum atomic E-state index is -0.0290. The van der Waals surface area contributed by atoms with E-state index in [-0.39, 0.29) is 12.0 Å². The summed E-state index contributed by atoms with van der Waals surface area (Å²) in [6.45, 7) is 3.75. The van der Waals surface area contributed by atoms with Gasteiger partial charge in [0.1, 0.15) is 0 Å². The smallest absolute Gasteiger partial charge is 0.254 e. The van der Waals surface area contributed by atoms with Crippen molar-refractivity contribution in [2.75, 3.05) is 19.7 Å². The lowest BCUT2D eigenvalue weighted by atomic mass is 10.2. The Labute approximate surface area is 110 Å². The molecule has 0 saturated carbocycles. The Morgan fingerprint density at radius 1 is 1.41 bits per heavy atom. The predicted molar refractivity (Wildman–Crippen MR) is 67.8 cm³/mol. The molecule has 1 fully saturated rings. The van der Waals surface area contributed by atoms with Crippen LogP contribution in [0, 0.1) is 0 Å². The number of morpholine rings is 1. The van der Waals surface area contributed by atoms with Gasteiger partial charge in [0, 0.05) is 18.7 Å².